The minimum absolute atomic E-state index is 0.108. The number of hydrogen-bond acceptors (Lipinski definition) is 4. The number of amides is 1. The molecule has 2 rings (SSSR count). The highest BCUT2D eigenvalue weighted by atomic mass is 35.5. The molecule has 0 saturated heterocycles. The van der Waals surface area contributed by atoms with Crippen LogP contribution in [-0.2, 0) is 14.4 Å². The summed E-state index contributed by atoms with van der Waals surface area (Å²) in [6.45, 7) is 0.596. The quantitative estimate of drug-likeness (QED) is 0.883. The van der Waals surface area contributed by atoms with Crippen LogP contribution in [0, 0.1) is 0 Å². The molecule has 0 unspecified atom stereocenters. The van der Waals surface area contributed by atoms with Gasteiger partial charge in [-0.25, -0.2) is 0 Å². The van der Waals surface area contributed by atoms with Gasteiger partial charge in [0.25, 0.3) is 5.91 Å². The number of benzene rings is 1. The zero-order valence-electron chi connectivity index (χ0n) is 11.0. The summed E-state index contributed by atoms with van der Waals surface area (Å²) in [4.78, 5) is 35.6. The zero-order valence-corrected chi connectivity index (χ0v) is 11.8. The molecule has 1 aromatic carbocycles. The average molecular weight is 310 g/mol. The first-order valence-corrected chi connectivity index (χ1v) is 6.43. The van der Waals surface area contributed by atoms with Crippen LogP contribution in [0.5, 0.6) is 0 Å². The first-order chi connectivity index (χ1) is 9.82. The van der Waals surface area contributed by atoms with Gasteiger partial charge < -0.3 is 15.1 Å². The Balaban J connectivity index is 2.53. The van der Waals surface area contributed by atoms with Crippen LogP contribution in [0.3, 0.4) is 0 Å². The van der Waals surface area contributed by atoms with Crippen molar-refractivity contribution in [3.05, 3.63) is 46.2 Å². The molecular weight excluding hydrogens is 298 g/mol. The second-order valence-electron chi connectivity index (χ2n) is 4.60. The standard InChI is InChI=1S/C14H12ClNO5/c1-7(17)11-12(8-2-4-9(15)5-3-8)16(6-10(18)19)14(21)13(11)20/h2-5,12,20H,6H2,1H3,(H,18,19)/t12-/m1/s1. The lowest BCUT2D eigenvalue weighted by Gasteiger charge is -2.24. The van der Waals surface area contributed by atoms with Crippen molar-refractivity contribution in [2.24, 2.45) is 0 Å². The third-order valence-corrected chi connectivity index (χ3v) is 3.43. The number of rotatable bonds is 4. The number of carbonyl (C=O) groups is 3. The highest BCUT2D eigenvalue weighted by Crippen LogP contribution is 2.37. The van der Waals surface area contributed by atoms with Crippen LogP contribution < -0.4 is 0 Å². The molecule has 0 fully saturated rings. The summed E-state index contributed by atoms with van der Waals surface area (Å²) in [5.41, 5.74) is 0.395. The molecule has 1 amide bonds. The van der Waals surface area contributed by atoms with E-state index in [1.807, 2.05) is 0 Å². The highest BCUT2D eigenvalue weighted by molar-refractivity contribution is 6.30. The van der Waals surface area contributed by atoms with E-state index in [1.165, 1.54) is 6.92 Å². The fourth-order valence-corrected chi connectivity index (χ4v) is 2.44. The summed E-state index contributed by atoms with van der Waals surface area (Å²) < 4.78 is 0. The molecule has 2 N–H and O–H groups in total. The van der Waals surface area contributed by atoms with Gasteiger partial charge in [-0.3, -0.25) is 14.4 Å². The SMILES string of the molecule is CC(=O)C1=C(O)C(=O)N(CC(=O)O)[C@@H]1c1ccc(Cl)cc1. The number of ketones is 1. The van der Waals surface area contributed by atoms with Gasteiger partial charge in [0, 0.05) is 5.02 Å². The Labute approximate surface area is 125 Å². The summed E-state index contributed by atoms with van der Waals surface area (Å²) in [5.74, 6) is -3.31. The molecule has 7 heteroatoms. The molecule has 6 nitrogen and oxygen atoms in total. The van der Waals surface area contributed by atoms with Gasteiger partial charge in [0.2, 0.25) is 0 Å². The third kappa shape index (κ3) is 2.75. The third-order valence-electron chi connectivity index (χ3n) is 3.17. The van der Waals surface area contributed by atoms with Crippen LogP contribution in [0.15, 0.2) is 35.6 Å². The van der Waals surface area contributed by atoms with Crippen LogP contribution in [0.1, 0.15) is 18.5 Å². The Morgan fingerprint density at radius 2 is 1.86 bits per heavy atom. The van der Waals surface area contributed by atoms with E-state index in [9.17, 15) is 19.5 Å². The number of halogens is 1. The first kappa shape index (κ1) is 15.1. The molecule has 0 saturated carbocycles. The Bertz CT molecular complexity index is 650. The molecule has 0 bridgehead atoms. The van der Waals surface area contributed by atoms with Gasteiger partial charge in [-0.1, -0.05) is 23.7 Å². The fraction of sp³-hybridized carbons (Fsp3) is 0.214. The minimum atomic E-state index is -1.24. The monoisotopic (exact) mass is 309 g/mol. The smallest absolute Gasteiger partial charge is 0.323 e. The second kappa shape index (κ2) is 5.57. The molecule has 0 aromatic heterocycles. The normalized spacial score (nSPS) is 18.3. The van der Waals surface area contributed by atoms with Crippen molar-refractivity contribution in [1.29, 1.82) is 0 Å². The predicted molar refractivity (Wildman–Crippen MR) is 73.9 cm³/mol. The Morgan fingerprint density at radius 1 is 1.29 bits per heavy atom. The van der Waals surface area contributed by atoms with Crippen molar-refractivity contribution in [3.8, 4) is 0 Å². The number of Topliss-reactive ketones (excluding diaryl/α,β-unsaturated/α-hetero) is 1. The van der Waals surface area contributed by atoms with E-state index < -0.39 is 36.0 Å². The van der Waals surface area contributed by atoms with Crippen molar-refractivity contribution < 1.29 is 24.6 Å². The molecule has 21 heavy (non-hydrogen) atoms. The Morgan fingerprint density at radius 3 is 2.33 bits per heavy atom. The summed E-state index contributed by atoms with van der Waals surface area (Å²) in [6, 6.07) is 5.36. The molecule has 1 aromatic rings. The van der Waals surface area contributed by atoms with E-state index in [1.54, 1.807) is 24.3 Å². The van der Waals surface area contributed by atoms with E-state index in [2.05, 4.69) is 0 Å². The number of hydrogen-bond donors (Lipinski definition) is 2. The van der Waals surface area contributed by atoms with Crippen LogP contribution in [0.2, 0.25) is 5.02 Å². The van der Waals surface area contributed by atoms with E-state index in [0.717, 1.165) is 4.90 Å². The number of carboxylic acids is 1. The van der Waals surface area contributed by atoms with Crippen molar-refractivity contribution in [3.63, 3.8) is 0 Å². The predicted octanol–water partition coefficient (Wildman–Crippen LogP) is 1.71. The summed E-state index contributed by atoms with van der Waals surface area (Å²) in [6.07, 6.45) is 0. The van der Waals surface area contributed by atoms with E-state index in [0.29, 0.717) is 10.6 Å². The molecule has 1 aliphatic heterocycles. The number of nitrogens with zero attached hydrogens (tertiary/aromatic N) is 1. The topological polar surface area (TPSA) is 94.9 Å². The van der Waals surface area contributed by atoms with Gasteiger partial charge in [-0.15, -0.1) is 0 Å². The molecular formula is C14H12ClNO5. The highest BCUT2D eigenvalue weighted by Gasteiger charge is 2.43. The van der Waals surface area contributed by atoms with Crippen molar-refractivity contribution in [2.45, 2.75) is 13.0 Å². The maximum atomic E-state index is 12.0. The molecule has 110 valence electrons. The fourth-order valence-electron chi connectivity index (χ4n) is 2.31. The van der Waals surface area contributed by atoms with Crippen LogP contribution in [0.25, 0.3) is 0 Å². The zero-order chi connectivity index (χ0) is 15.7. The van der Waals surface area contributed by atoms with E-state index in [4.69, 9.17) is 16.7 Å². The minimum Gasteiger partial charge on any atom is -0.503 e. The number of carbonyl (C=O) groups excluding carboxylic acids is 2. The van der Waals surface area contributed by atoms with Crippen LogP contribution >= 0.6 is 11.6 Å². The van der Waals surface area contributed by atoms with Gasteiger partial charge >= 0.3 is 5.97 Å². The van der Waals surface area contributed by atoms with Crippen LogP contribution in [-0.4, -0.2) is 39.3 Å². The number of aliphatic carboxylic acids is 1. The van der Waals surface area contributed by atoms with Crippen LogP contribution in [0.4, 0.5) is 0 Å². The lowest BCUT2D eigenvalue weighted by Crippen LogP contribution is -2.35. The van der Waals surface area contributed by atoms with E-state index >= 15 is 0 Å². The maximum Gasteiger partial charge on any atom is 0.323 e. The van der Waals surface area contributed by atoms with Gasteiger partial charge in [0.15, 0.2) is 11.5 Å². The Kier molecular flexibility index (Phi) is 3.99. The van der Waals surface area contributed by atoms with Gasteiger partial charge in [0.05, 0.1) is 11.6 Å². The first-order valence-electron chi connectivity index (χ1n) is 6.05. The molecule has 0 spiro atoms. The van der Waals surface area contributed by atoms with Crippen molar-refractivity contribution in [1.82, 2.24) is 4.90 Å². The largest absolute Gasteiger partial charge is 0.503 e. The summed E-state index contributed by atoms with van der Waals surface area (Å²) in [7, 11) is 0. The summed E-state index contributed by atoms with van der Waals surface area (Å²) in [5, 5.41) is 19.2. The molecule has 1 aliphatic rings. The Hall–Kier alpha value is -2.34. The number of aliphatic hydroxyl groups excluding tert-OH is 1. The lowest BCUT2D eigenvalue weighted by atomic mass is 9.97. The van der Waals surface area contributed by atoms with Crippen molar-refractivity contribution >= 4 is 29.3 Å². The van der Waals surface area contributed by atoms with Gasteiger partial charge in [-0.05, 0) is 24.6 Å². The second-order valence-corrected chi connectivity index (χ2v) is 5.04. The molecule has 1 heterocycles. The number of aliphatic hydroxyl groups is 1. The average Bonchev–Trinajstić information content (AvgIpc) is 2.64. The van der Waals surface area contributed by atoms with Crippen molar-refractivity contribution in [2.75, 3.05) is 6.54 Å². The maximum absolute atomic E-state index is 12.0. The van der Waals surface area contributed by atoms with Gasteiger partial charge in [0.1, 0.15) is 6.54 Å². The van der Waals surface area contributed by atoms with Gasteiger partial charge in [-0.2, -0.15) is 0 Å². The summed E-state index contributed by atoms with van der Waals surface area (Å²) >= 11 is 5.79. The molecule has 0 aliphatic carbocycles. The lowest BCUT2D eigenvalue weighted by molar-refractivity contribution is -0.144. The van der Waals surface area contributed by atoms with E-state index in [-0.39, 0.29) is 5.57 Å². The molecule has 1 atom stereocenters. The molecule has 0 radical (unpaired) electrons. The number of carboxylic acid groups (broad SMARTS) is 1.